The highest BCUT2D eigenvalue weighted by Crippen LogP contribution is 2.42. The van der Waals surface area contributed by atoms with Crippen molar-refractivity contribution in [1.82, 2.24) is 0 Å². The number of alkyl halides is 6. The van der Waals surface area contributed by atoms with Gasteiger partial charge in [0.25, 0.3) is 0 Å². The summed E-state index contributed by atoms with van der Waals surface area (Å²) in [5, 5.41) is 0. The summed E-state index contributed by atoms with van der Waals surface area (Å²) in [7, 11) is 1.33. The van der Waals surface area contributed by atoms with Crippen molar-refractivity contribution >= 4 is 8.58 Å². The lowest BCUT2D eigenvalue weighted by molar-refractivity contribution is -0.138. The molecule has 2 saturated carbocycles. The standard InChI is InChI=1S/C26H16F6O.C12H23P/c27-25(28,29)19-13-9-17(10-14-19)21-5-1-3-7-23(21)33-24-8-4-2-6-22(24)18-11-15-20(16-12-18)26(30,31)32;1-3-7-11(8-4-1)13-12-9-5-2-6-10-12/h1-16H;11-13H,1-10H2. The van der Waals surface area contributed by atoms with Crippen LogP contribution in [0.1, 0.15) is 75.3 Å². The van der Waals surface area contributed by atoms with Gasteiger partial charge in [-0.2, -0.15) is 26.3 Å². The zero-order chi connectivity index (χ0) is 32.6. The summed E-state index contributed by atoms with van der Waals surface area (Å²) in [4.78, 5) is 0. The molecule has 1 nitrogen and oxygen atoms in total. The molecule has 0 saturated heterocycles. The summed E-state index contributed by atoms with van der Waals surface area (Å²) in [6.45, 7) is 0. The van der Waals surface area contributed by atoms with Crippen LogP contribution in [0.3, 0.4) is 0 Å². The van der Waals surface area contributed by atoms with Crippen molar-refractivity contribution < 1.29 is 31.1 Å². The average Bonchev–Trinajstić information content (AvgIpc) is 3.06. The van der Waals surface area contributed by atoms with Crippen LogP contribution in [0.25, 0.3) is 22.3 Å². The van der Waals surface area contributed by atoms with Gasteiger partial charge in [-0.25, -0.2) is 0 Å². The van der Waals surface area contributed by atoms with Crippen LogP contribution >= 0.6 is 8.58 Å². The molecular weight excluding hydrogens is 617 g/mol. The Morgan fingerprint density at radius 2 is 0.804 bits per heavy atom. The molecular formula is C38H39F6OP. The lowest BCUT2D eigenvalue weighted by Crippen LogP contribution is -2.14. The summed E-state index contributed by atoms with van der Waals surface area (Å²) < 4.78 is 83.5. The summed E-state index contributed by atoms with van der Waals surface area (Å²) in [6.07, 6.45) is 6.55. The number of rotatable bonds is 6. The van der Waals surface area contributed by atoms with E-state index >= 15 is 0 Å². The maximum atomic E-state index is 12.9. The Hall–Kier alpha value is -3.31. The molecule has 46 heavy (non-hydrogen) atoms. The quantitative estimate of drug-likeness (QED) is 0.148. The van der Waals surface area contributed by atoms with Gasteiger partial charge >= 0.3 is 12.4 Å². The highest BCUT2D eigenvalue weighted by atomic mass is 31.1. The second kappa shape index (κ2) is 15.5. The van der Waals surface area contributed by atoms with Gasteiger partial charge in [-0.05, 0) is 84.5 Å². The Labute approximate surface area is 269 Å². The van der Waals surface area contributed by atoms with Crippen LogP contribution in [0.15, 0.2) is 97.1 Å². The number of hydrogen-bond donors (Lipinski definition) is 0. The summed E-state index contributed by atoms with van der Waals surface area (Å²) in [5.41, 5.74) is 3.02. The van der Waals surface area contributed by atoms with Crippen molar-refractivity contribution in [2.45, 2.75) is 87.9 Å². The number of ether oxygens (including phenoxy) is 1. The molecule has 0 bridgehead atoms. The second-order valence-electron chi connectivity index (χ2n) is 12.1. The van der Waals surface area contributed by atoms with Crippen LogP contribution < -0.4 is 4.74 Å². The number of halogens is 6. The van der Waals surface area contributed by atoms with E-state index in [4.69, 9.17) is 4.74 Å². The molecule has 0 atom stereocenters. The van der Waals surface area contributed by atoms with Gasteiger partial charge in [0, 0.05) is 11.1 Å². The van der Waals surface area contributed by atoms with Crippen molar-refractivity contribution in [3.63, 3.8) is 0 Å². The lowest BCUT2D eigenvalue weighted by Gasteiger charge is -2.28. The molecule has 0 aromatic heterocycles. The molecule has 0 N–H and O–H groups in total. The number of hydrogen-bond acceptors (Lipinski definition) is 1. The van der Waals surface area contributed by atoms with E-state index in [0.29, 0.717) is 33.8 Å². The molecule has 4 aromatic carbocycles. The fraction of sp³-hybridized carbons (Fsp3) is 0.368. The van der Waals surface area contributed by atoms with Gasteiger partial charge < -0.3 is 4.74 Å². The van der Waals surface area contributed by atoms with E-state index in [1.807, 2.05) is 0 Å². The lowest BCUT2D eigenvalue weighted by atomic mass is 10.00. The molecule has 244 valence electrons. The Bertz CT molecular complexity index is 1400. The largest absolute Gasteiger partial charge is 0.456 e. The highest BCUT2D eigenvalue weighted by molar-refractivity contribution is 7.39. The first-order valence-electron chi connectivity index (χ1n) is 16.0. The topological polar surface area (TPSA) is 9.23 Å². The Kier molecular flexibility index (Phi) is 11.5. The van der Waals surface area contributed by atoms with E-state index < -0.39 is 23.5 Å². The molecule has 2 aliphatic carbocycles. The molecule has 0 spiro atoms. The number of para-hydroxylation sites is 2. The second-order valence-corrected chi connectivity index (χ2v) is 14.0. The zero-order valence-electron chi connectivity index (χ0n) is 25.6. The van der Waals surface area contributed by atoms with Crippen LogP contribution in [-0.2, 0) is 12.4 Å². The third kappa shape index (κ3) is 9.37. The van der Waals surface area contributed by atoms with E-state index in [1.165, 1.54) is 71.4 Å². The predicted octanol–water partition coefficient (Wildman–Crippen LogP) is 13.2. The van der Waals surface area contributed by atoms with E-state index in [0.717, 1.165) is 35.6 Å². The Morgan fingerprint density at radius 3 is 1.15 bits per heavy atom. The minimum atomic E-state index is -4.44. The van der Waals surface area contributed by atoms with E-state index in [2.05, 4.69) is 0 Å². The van der Waals surface area contributed by atoms with Gasteiger partial charge in [0.1, 0.15) is 11.5 Å². The van der Waals surface area contributed by atoms with E-state index in [9.17, 15) is 26.3 Å². The summed E-state index contributed by atoms with van der Waals surface area (Å²) in [6, 6.07) is 23.2. The van der Waals surface area contributed by atoms with Gasteiger partial charge in [-0.15, -0.1) is 8.58 Å². The minimum absolute atomic E-state index is 0.400. The molecule has 8 heteroatoms. The normalized spacial score (nSPS) is 16.4. The first-order valence-corrected chi connectivity index (χ1v) is 17.2. The van der Waals surface area contributed by atoms with Gasteiger partial charge in [0.05, 0.1) is 11.1 Å². The molecule has 4 aromatic rings. The molecule has 0 radical (unpaired) electrons. The first-order chi connectivity index (χ1) is 22.1. The van der Waals surface area contributed by atoms with Crippen molar-refractivity contribution in [3.05, 3.63) is 108 Å². The number of benzene rings is 4. The fourth-order valence-corrected chi connectivity index (χ4v) is 8.41. The van der Waals surface area contributed by atoms with E-state index in [-0.39, 0.29) is 0 Å². The first kappa shape index (κ1) is 34.0. The fourth-order valence-electron chi connectivity index (χ4n) is 6.26. The van der Waals surface area contributed by atoms with Crippen molar-refractivity contribution in [2.24, 2.45) is 0 Å². The minimum Gasteiger partial charge on any atom is -0.456 e. The van der Waals surface area contributed by atoms with Crippen LogP contribution in [0.4, 0.5) is 26.3 Å². The molecule has 0 amide bonds. The SMILES string of the molecule is C1CCC(PC2CCCCC2)CC1.FC(F)(F)c1ccc(-c2ccccc2Oc2ccccc2-c2ccc(C(F)(F)F)cc2)cc1. The predicted molar refractivity (Wildman–Crippen MR) is 176 cm³/mol. The highest BCUT2D eigenvalue weighted by Gasteiger charge is 2.31. The Morgan fingerprint density at radius 1 is 0.457 bits per heavy atom. The molecule has 0 heterocycles. The summed E-state index contributed by atoms with van der Waals surface area (Å²) >= 11 is 0. The molecule has 0 aliphatic heterocycles. The van der Waals surface area contributed by atoms with Gasteiger partial charge in [-0.3, -0.25) is 0 Å². The third-order valence-electron chi connectivity index (χ3n) is 8.72. The van der Waals surface area contributed by atoms with Crippen molar-refractivity contribution in [3.8, 4) is 33.8 Å². The monoisotopic (exact) mass is 656 g/mol. The molecule has 2 fully saturated rings. The third-order valence-corrected chi connectivity index (χ3v) is 10.8. The van der Waals surface area contributed by atoms with Crippen LogP contribution in [0.2, 0.25) is 0 Å². The van der Waals surface area contributed by atoms with Crippen molar-refractivity contribution in [1.29, 1.82) is 0 Å². The summed E-state index contributed by atoms with van der Waals surface area (Å²) in [5.74, 6) is 0.799. The zero-order valence-corrected chi connectivity index (χ0v) is 26.6. The van der Waals surface area contributed by atoms with E-state index in [1.54, 1.807) is 74.2 Å². The van der Waals surface area contributed by atoms with Crippen LogP contribution in [-0.4, -0.2) is 11.3 Å². The maximum Gasteiger partial charge on any atom is 0.416 e. The molecule has 6 rings (SSSR count). The van der Waals surface area contributed by atoms with Crippen LogP contribution in [0.5, 0.6) is 11.5 Å². The average molecular weight is 657 g/mol. The Balaban J connectivity index is 0.000000266. The van der Waals surface area contributed by atoms with Gasteiger partial charge in [0.15, 0.2) is 0 Å². The maximum absolute atomic E-state index is 12.9. The van der Waals surface area contributed by atoms with Gasteiger partial charge in [-0.1, -0.05) is 99.2 Å². The van der Waals surface area contributed by atoms with Gasteiger partial charge in [0.2, 0.25) is 0 Å². The van der Waals surface area contributed by atoms with Crippen molar-refractivity contribution in [2.75, 3.05) is 0 Å². The van der Waals surface area contributed by atoms with Crippen LogP contribution in [0, 0.1) is 0 Å². The molecule has 2 aliphatic rings. The molecule has 0 unspecified atom stereocenters. The smallest absolute Gasteiger partial charge is 0.416 e.